The van der Waals surface area contributed by atoms with Gasteiger partial charge in [0.05, 0.1) is 24.4 Å². The predicted molar refractivity (Wildman–Crippen MR) is 128 cm³/mol. The largest absolute Gasteiger partial charge is 0.480 e. The fourth-order valence-electron chi connectivity index (χ4n) is 3.63. The van der Waals surface area contributed by atoms with E-state index in [1.807, 2.05) is 25.1 Å². The number of aryl methyl sites for hydroxylation is 1. The Balaban J connectivity index is 1.62. The summed E-state index contributed by atoms with van der Waals surface area (Å²) in [5, 5.41) is 4.41. The van der Waals surface area contributed by atoms with Gasteiger partial charge in [0.25, 0.3) is 5.56 Å². The SMILES string of the molecule is CCC(=O)COc1cc2cc(Nc3nc(N4CCO[C@@H](C)C4)ncc3Cl)ccc2n(C)c1=O. The second-order valence-corrected chi connectivity index (χ2v) is 8.35. The first-order chi connectivity index (χ1) is 15.9. The van der Waals surface area contributed by atoms with Crippen LogP contribution in [0.2, 0.25) is 5.02 Å². The molecule has 1 N–H and O–H groups in total. The monoisotopic (exact) mass is 471 g/mol. The molecule has 0 saturated carbocycles. The maximum Gasteiger partial charge on any atom is 0.293 e. The van der Waals surface area contributed by atoms with Gasteiger partial charge in [0.15, 0.2) is 17.4 Å². The van der Waals surface area contributed by atoms with Crippen LogP contribution in [0.3, 0.4) is 0 Å². The van der Waals surface area contributed by atoms with Crippen LogP contribution in [-0.4, -0.2) is 52.7 Å². The fourth-order valence-corrected chi connectivity index (χ4v) is 3.77. The molecule has 1 aliphatic rings. The number of anilines is 3. The van der Waals surface area contributed by atoms with Crippen molar-refractivity contribution in [3.05, 3.63) is 45.8 Å². The van der Waals surface area contributed by atoms with E-state index in [-0.39, 0.29) is 29.8 Å². The highest BCUT2D eigenvalue weighted by atomic mass is 35.5. The molecule has 0 bridgehead atoms. The summed E-state index contributed by atoms with van der Waals surface area (Å²) in [4.78, 5) is 35.2. The van der Waals surface area contributed by atoms with E-state index >= 15 is 0 Å². The lowest BCUT2D eigenvalue weighted by Crippen LogP contribution is -2.42. The Morgan fingerprint density at radius 1 is 1.36 bits per heavy atom. The molecule has 1 aromatic carbocycles. The fraction of sp³-hybridized carbons (Fsp3) is 0.391. The lowest BCUT2D eigenvalue weighted by Gasteiger charge is -2.31. The van der Waals surface area contributed by atoms with Crippen molar-refractivity contribution in [2.24, 2.45) is 7.05 Å². The minimum atomic E-state index is -0.296. The van der Waals surface area contributed by atoms with Gasteiger partial charge in [-0.1, -0.05) is 18.5 Å². The number of hydrogen-bond acceptors (Lipinski definition) is 8. The molecule has 10 heteroatoms. The molecule has 1 atom stereocenters. The van der Waals surface area contributed by atoms with E-state index in [0.29, 0.717) is 42.9 Å². The quantitative estimate of drug-likeness (QED) is 0.560. The number of Topliss-reactive ketones (excluding diaryl/α,β-unsaturated/α-hetero) is 1. The molecule has 1 saturated heterocycles. The smallest absolute Gasteiger partial charge is 0.293 e. The number of pyridine rings is 1. The van der Waals surface area contributed by atoms with E-state index < -0.39 is 0 Å². The molecule has 33 heavy (non-hydrogen) atoms. The first-order valence-electron chi connectivity index (χ1n) is 10.8. The number of ketones is 1. The molecular formula is C23H26ClN5O4. The molecule has 3 heterocycles. The Hall–Kier alpha value is -3.17. The second-order valence-electron chi connectivity index (χ2n) is 7.95. The summed E-state index contributed by atoms with van der Waals surface area (Å²) in [7, 11) is 1.67. The minimum Gasteiger partial charge on any atom is -0.480 e. The summed E-state index contributed by atoms with van der Waals surface area (Å²) in [6.07, 6.45) is 2.03. The number of morpholine rings is 1. The average Bonchev–Trinajstić information content (AvgIpc) is 2.81. The zero-order valence-corrected chi connectivity index (χ0v) is 19.6. The molecule has 0 aliphatic carbocycles. The second kappa shape index (κ2) is 9.76. The van der Waals surface area contributed by atoms with Crippen LogP contribution in [0.4, 0.5) is 17.5 Å². The number of nitrogens with zero attached hydrogens (tertiary/aromatic N) is 4. The first kappa shape index (κ1) is 23.0. The number of ether oxygens (including phenoxy) is 2. The van der Waals surface area contributed by atoms with Crippen molar-refractivity contribution in [1.82, 2.24) is 14.5 Å². The zero-order valence-electron chi connectivity index (χ0n) is 18.8. The Kier molecular flexibility index (Phi) is 6.80. The van der Waals surface area contributed by atoms with Gasteiger partial charge in [0.1, 0.15) is 11.6 Å². The number of benzene rings is 1. The summed E-state index contributed by atoms with van der Waals surface area (Å²) in [5.74, 6) is 1.12. The van der Waals surface area contributed by atoms with Crippen molar-refractivity contribution < 1.29 is 14.3 Å². The summed E-state index contributed by atoms with van der Waals surface area (Å²) in [5.41, 5.74) is 1.17. The van der Waals surface area contributed by atoms with Crippen molar-refractivity contribution in [3.8, 4) is 5.75 Å². The van der Waals surface area contributed by atoms with E-state index in [9.17, 15) is 9.59 Å². The molecule has 9 nitrogen and oxygen atoms in total. The van der Waals surface area contributed by atoms with Crippen molar-refractivity contribution in [2.75, 3.05) is 36.5 Å². The van der Waals surface area contributed by atoms with E-state index in [2.05, 4.69) is 20.2 Å². The van der Waals surface area contributed by atoms with Gasteiger partial charge in [-0.25, -0.2) is 4.98 Å². The van der Waals surface area contributed by atoms with Crippen LogP contribution in [0.1, 0.15) is 20.3 Å². The van der Waals surface area contributed by atoms with Gasteiger partial charge in [0.2, 0.25) is 5.95 Å². The molecule has 1 fully saturated rings. The number of halogens is 1. The molecular weight excluding hydrogens is 446 g/mol. The van der Waals surface area contributed by atoms with Gasteiger partial charge in [-0.3, -0.25) is 9.59 Å². The maximum absolute atomic E-state index is 12.6. The van der Waals surface area contributed by atoms with Crippen LogP contribution >= 0.6 is 11.6 Å². The van der Waals surface area contributed by atoms with Crippen molar-refractivity contribution in [3.63, 3.8) is 0 Å². The van der Waals surface area contributed by atoms with Gasteiger partial charge in [-0.05, 0) is 31.2 Å². The zero-order chi connectivity index (χ0) is 23.5. The van der Waals surface area contributed by atoms with E-state index in [1.54, 1.807) is 26.2 Å². The molecule has 0 unspecified atom stereocenters. The topological polar surface area (TPSA) is 98.6 Å². The van der Waals surface area contributed by atoms with Gasteiger partial charge < -0.3 is 24.3 Å². The van der Waals surface area contributed by atoms with Gasteiger partial charge in [-0.15, -0.1) is 0 Å². The molecule has 0 amide bonds. The van der Waals surface area contributed by atoms with Crippen LogP contribution in [0, 0.1) is 0 Å². The van der Waals surface area contributed by atoms with Crippen molar-refractivity contribution in [1.29, 1.82) is 0 Å². The normalized spacial score (nSPS) is 16.1. The lowest BCUT2D eigenvalue weighted by atomic mass is 10.2. The number of fused-ring (bicyclic) bond motifs is 1. The highest BCUT2D eigenvalue weighted by Gasteiger charge is 2.20. The van der Waals surface area contributed by atoms with Gasteiger partial charge >= 0.3 is 0 Å². The van der Waals surface area contributed by atoms with E-state index in [4.69, 9.17) is 21.1 Å². The summed E-state index contributed by atoms with van der Waals surface area (Å²) >= 11 is 6.36. The highest BCUT2D eigenvalue weighted by Crippen LogP contribution is 2.28. The standard InChI is InChI=1S/C23H26ClN5O4/c1-4-17(30)13-33-20-10-15-9-16(5-6-19(15)28(3)22(20)31)26-21-18(24)11-25-23(27-21)29-7-8-32-14(2)12-29/h5-6,9-11,14H,4,7-8,12-13H2,1-3H3,(H,25,26,27)/t14-/m0/s1. The molecule has 3 aromatic rings. The van der Waals surface area contributed by atoms with Crippen LogP contribution in [0.5, 0.6) is 5.75 Å². The molecule has 1 aliphatic heterocycles. The number of carbonyl (C=O) groups excluding carboxylic acids is 1. The van der Waals surface area contributed by atoms with Crippen LogP contribution in [0.25, 0.3) is 10.9 Å². The molecule has 0 radical (unpaired) electrons. The Morgan fingerprint density at radius 3 is 2.94 bits per heavy atom. The number of rotatable bonds is 7. The van der Waals surface area contributed by atoms with Crippen LogP contribution < -0.4 is 20.5 Å². The molecule has 4 rings (SSSR count). The highest BCUT2D eigenvalue weighted by molar-refractivity contribution is 6.32. The van der Waals surface area contributed by atoms with E-state index in [0.717, 1.165) is 16.6 Å². The number of carbonyl (C=O) groups is 1. The maximum atomic E-state index is 12.6. The summed E-state index contributed by atoms with van der Waals surface area (Å²) in [6, 6.07) is 7.20. The molecule has 2 aromatic heterocycles. The Labute approximate surface area is 196 Å². The van der Waals surface area contributed by atoms with Gasteiger partial charge in [0, 0.05) is 37.6 Å². The Bertz CT molecular complexity index is 1250. The van der Waals surface area contributed by atoms with Crippen molar-refractivity contribution >= 4 is 45.7 Å². The summed E-state index contributed by atoms with van der Waals surface area (Å²) < 4.78 is 12.6. The number of hydrogen-bond donors (Lipinski definition) is 1. The van der Waals surface area contributed by atoms with Crippen LogP contribution in [0.15, 0.2) is 35.3 Å². The molecule has 174 valence electrons. The third kappa shape index (κ3) is 5.09. The Morgan fingerprint density at radius 2 is 2.18 bits per heavy atom. The lowest BCUT2D eigenvalue weighted by molar-refractivity contribution is -0.120. The third-order valence-corrected chi connectivity index (χ3v) is 5.77. The average molecular weight is 472 g/mol. The predicted octanol–water partition coefficient (Wildman–Crippen LogP) is 3.31. The van der Waals surface area contributed by atoms with Gasteiger partial charge in [-0.2, -0.15) is 4.98 Å². The molecule has 0 spiro atoms. The third-order valence-electron chi connectivity index (χ3n) is 5.49. The van der Waals surface area contributed by atoms with Crippen LogP contribution in [-0.2, 0) is 16.6 Å². The number of nitrogens with one attached hydrogen (secondary N) is 1. The van der Waals surface area contributed by atoms with E-state index in [1.165, 1.54) is 4.57 Å². The number of aromatic nitrogens is 3. The van der Waals surface area contributed by atoms with Crippen molar-refractivity contribution in [2.45, 2.75) is 26.4 Å². The minimum absolute atomic E-state index is 0.0727. The first-order valence-corrected chi connectivity index (χ1v) is 11.2. The summed E-state index contributed by atoms with van der Waals surface area (Å²) in [6.45, 7) is 5.67.